The lowest BCUT2D eigenvalue weighted by Gasteiger charge is -2.34. The first kappa shape index (κ1) is 32.6. The highest BCUT2D eigenvalue weighted by atomic mass is 35.5. The van der Waals surface area contributed by atoms with E-state index in [1.807, 2.05) is 68.6 Å². The molecule has 0 fully saturated rings. The Morgan fingerprint density at radius 3 is 2.60 bits per heavy atom. The number of anilines is 2. The second-order valence-corrected chi connectivity index (χ2v) is 12.6. The first-order chi connectivity index (χ1) is 21.6. The van der Waals surface area contributed by atoms with Crippen molar-refractivity contribution >= 4 is 57.3 Å². The second-order valence-electron chi connectivity index (χ2n) is 11.8. The lowest BCUT2D eigenvalue weighted by molar-refractivity contribution is -0.134. The highest BCUT2D eigenvalue weighted by molar-refractivity contribution is 6.42. The van der Waals surface area contributed by atoms with Gasteiger partial charge in [0.2, 0.25) is 5.91 Å². The molecule has 4 aromatic rings. The number of hydrogen-bond donors (Lipinski definition) is 3. The van der Waals surface area contributed by atoms with Crippen LogP contribution >= 0.6 is 23.2 Å². The van der Waals surface area contributed by atoms with Crippen LogP contribution in [0.2, 0.25) is 10.0 Å². The maximum absolute atomic E-state index is 13.6. The van der Waals surface area contributed by atoms with Gasteiger partial charge in [-0.15, -0.1) is 0 Å². The number of aliphatic hydroxyl groups is 1. The number of amides is 3. The number of fused-ring (bicyclic) bond motifs is 2. The molecule has 10 heteroatoms. The fourth-order valence-electron chi connectivity index (χ4n) is 5.67. The molecule has 4 aromatic carbocycles. The predicted molar refractivity (Wildman–Crippen MR) is 181 cm³/mol. The van der Waals surface area contributed by atoms with E-state index < -0.39 is 6.03 Å². The quantitative estimate of drug-likeness (QED) is 0.190. The molecule has 3 N–H and O–H groups in total. The fourth-order valence-corrected chi connectivity index (χ4v) is 5.99. The van der Waals surface area contributed by atoms with Crippen LogP contribution in [-0.2, 0) is 17.8 Å². The summed E-state index contributed by atoms with van der Waals surface area (Å²) in [5.74, 6) is 0.423. The molecule has 0 saturated heterocycles. The van der Waals surface area contributed by atoms with Crippen LogP contribution in [0.1, 0.15) is 25.0 Å². The van der Waals surface area contributed by atoms with E-state index in [9.17, 15) is 14.7 Å². The Bertz CT molecular complexity index is 1680. The maximum atomic E-state index is 13.6. The third kappa shape index (κ3) is 8.07. The molecule has 3 atom stereocenters. The molecule has 0 saturated carbocycles. The zero-order valence-corrected chi connectivity index (χ0v) is 27.1. The normalized spacial score (nSPS) is 17.6. The number of ether oxygens (including phenoxy) is 1. The number of halogens is 2. The van der Waals surface area contributed by atoms with Gasteiger partial charge in [-0.2, -0.15) is 0 Å². The third-order valence-electron chi connectivity index (χ3n) is 8.14. The summed E-state index contributed by atoms with van der Waals surface area (Å²) in [6.07, 6.45) is -0.206. The van der Waals surface area contributed by atoms with E-state index in [4.69, 9.17) is 27.9 Å². The molecule has 0 bridgehead atoms. The van der Waals surface area contributed by atoms with E-state index in [0.29, 0.717) is 52.4 Å². The van der Waals surface area contributed by atoms with Gasteiger partial charge in [-0.3, -0.25) is 9.69 Å². The monoisotopic (exact) mass is 648 g/mol. The summed E-state index contributed by atoms with van der Waals surface area (Å²) in [4.78, 5) is 30.5. The molecule has 0 radical (unpaired) electrons. The van der Waals surface area contributed by atoms with E-state index in [-0.39, 0.29) is 37.0 Å². The van der Waals surface area contributed by atoms with Crippen LogP contribution in [0.5, 0.6) is 5.75 Å². The van der Waals surface area contributed by atoms with Crippen LogP contribution in [0.15, 0.2) is 78.9 Å². The second kappa shape index (κ2) is 14.5. The number of rotatable bonds is 8. The molecule has 0 aromatic heterocycles. The highest BCUT2D eigenvalue weighted by Crippen LogP contribution is 2.30. The molecule has 0 spiro atoms. The molecule has 1 aliphatic rings. The van der Waals surface area contributed by atoms with Crippen molar-refractivity contribution in [2.75, 3.05) is 37.4 Å². The van der Waals surface area contributed by atoms with Gasteiger partial charge in [0.15, 0.2) is 0 Å². The van der Waals surface area contributed by atoms with Crippen LogP contribution in [0.3, 0.4) is 0 Å². The van der Waals surface area contributed by atoms with Crippen molar-refractivity contribution in [3.8, 4) is 5.75 Å². The topological polar surface area (TPSA) is 94.1 Å². The molecule has 236 valence electrons. The number of aliphatic hydroxyl groups excluding tert-OH is 1. The van der Waals surface area contributed by atoms with Crippen LogP contribution in [-0.4, -0.2) is 65.7 Å². The molecule has 5 rings (SSSR count). The van der Waals surface area contributed by atoms with Gasteiger partial charge in [0.25, 0.3) is 0 Å². The Morgan fingerprint density at radius 1 is 1.04 bits per heavy atom. The summed E-state index contributed by atoms with van der Waals surface area (Å²) in [6.45, 7) is 5.37. The Labute approximate surface area is 273 Å². The summed E-state index contributed by atoms with van der Waals surface area (Å²) in [5.41, 5.74) is 2.91. The summed E-state index contributed by atoms with van der Waals surface area (Å²) in [6, 6.07) is 23.8. The smallest absolute Gasteiger partial charge is 0.323 e. The zero-order valence-electron chi connectivity index (χ0n) is 25.6. The van der Waals surface area contributed by atoms with Crippen LogP contribution in [0.25, 0.3) is 10.8 Å². The molecule has 0 unspecified atom stereocenters. The number of likely N-dealkylation sites (N-methyl/N-ethyl adjacent to an activating group) is 1. The number of benzene rings is 4. The van der Waals surface area contributed by atoms with E-state index >= 15 is 0 Å². The number of carbonyl (C=O) groups is 2. The van der Waals surface area contributed by atoms with Crippen LogP contribution in [0, 0.1) is 5.92 Å². The number of carbonyl (C=O) groups excluding carboxylic acids is 2. The molecule has 1 heterocycles. The minimum absolute atomic E-state index is 0.0468. The van der Waals surface area contributed by atoms with Crippen molar-refractivity contribution in [2.45, 2.75) is 39.0 Å². The van der Waals surface area contributed by atoms with Crippen molar-refractivity contribution in [3.63, 3.8) is 0 Å². The van der Waals surface area contributed by atoms with Crippen molar-refractivity contribution in [1.29, 1.82) is 0 Å². The van der Waals surface area contributed by atoms with Gasteiger partial charge < -0.3 is 25.4 Å². The van der Waals surface area contributed by atoms with Gasteiger partial charge in [0, 0.05) is 42.2 Å². The Hall–Kier alpha value is -3.82. The third-order valence-corrected chi connectivity index (χ3v) is 8.88. The standard InChI is InChI=1S/C35H38Cl2N4O4/c1-22-18-41(23(2)21-42)34(43)17-26-16-27(38-35(44)39-31-10-6-8-25-7-4-5-9-28(25)31)12-14-32(26)45-33(22)20-40(3)19-24-11-13-29(36)30(37)15-24/h4-16,22-23,33,42H,17-21H2,1-3H3,(H2,38,39,44)/t22-,23+,33+/m0/s1. The maximum Gasteiger partial charge on any atom is 0.323 e. The van der Waals surface area contributed by atoms with Gasteiger partial charge in [-0.05, 0) is 61.3 Å². The summed E-state index contributed by atoms with van der Waals surface area (Å²) >= 11 is 12.3. The predicted octanol–water partition coefficient (Wildman–Crippen LogP) is 7.07. The Kier molecular flexibility index (Phi) is 10.5. The van der Waals surface area contributed by atoms with Crippen LogP contribution in [0.4, 0.5) is 16.2 Å². The first-order valence-electron chi connectivity index (χ1n) is 15.0. The molecule has 3 amide bonds. The van der Waals surface area contributed by atoms with Crippen molar-refractivity contribution in [2.24, 2.45) is 5.92 Å². The van der Waals surface area contributed by atoms with Crippen molar-refractivity contribution < 1.29 is 19.4 Å². The summed E-state index contributed by atoms with van der Waals surface area (Å²) in [7, 11) is 2.01. The van der Waals surface area contributed by atoms with Gasteiger partial charge in [-0.1, -0.05) is 72.6 Å². The molecule has 0 aliphatic carbocycles. The van der Waals surface area contributed by atoms with Gasteiger partial charge in [0.1, 0.15) is 11.9 Å². The van der Waals surface area contributed by atoms with E-state index in [0.717, 1.165) is 16.3 Å². The van der Waals surface area contributed by atoms with Crippen molar-refractivity contribution in [1.82, 2.24) is 9.80 Å². The molecular formula is C35H38Cl2N4O4. The SMILES string of the molecule is C[C@H](CO)N1C[C@H](C)[C@@H](CN(C)Cc2ccc(Cl)c(Cl)c2)Oc2ccc(NC(=O)Nc3cccc4ccccc34)cc2CC1=O. The van der Waals surface area contributed by atoms with Gasteiger partial charge in [-0.25, -0.2) is 4.79 Å². The largest absolute Gasteiger partial charge is 0.488 e. The lowest BCUT2D eigenvalue weighted by atomic mass is 10.0. The van der Waals surface area contributed by atoms with E-state index in [2.05, 4.69) is 22.5 Å². The van der Waals surface area contributed by atoms with Crippen molar-refractivity contribution in [3.05, 3.63) is 100 Å². The Balaban J connectivity index is 1.37. The molecule has 8 nitrogen and oxygen atoms in total. The average Bonchev–Trinajstić information content (AvgIpc) is 3.06. The van der Waals surface area contributed by atoms with Gasteiger partial charge >= 0.3 is 6.03 Å². The van der Waals surface area contributed by atoms with E-state index in [1.54, 1.807) is 29.2 Å². The Morgan fingerprint density at radius 2 is 1.82 bits per heavy atom. The highest BCUT2D eigenvalue weighted by Gasteiger charge is 2.31. The number of nitrogens with one attached hydrogen (secondary N) is 2. The molecule has 45 heavy (non-hydrogen) atoms. The minimum Gasteiger partial charge on any atom is -0.488 e. The first-order valence-corrected chi connectivity index (χ1v) is 15.7. The average molecular weight is 650 g/mol. The lowest BCUT2D eigenvalue weighted by Crippen LogP contribution is -2.47. The summed E-state index contributed by atoms with van der Waals surface area (Å²) in [5, 5.41) is 18.8. The molecule has 1 aliphatic heterocycles. The number of urea groups is 1. The minimum atomic E-state index is -0.396. The van der Waals surface area contributed by atoms with Crippen LogP contribution < -0.4 is 15.4 Å². The molecular weight excluding hydrogens is 611 g/mol. The summed E-state index contributed by atoms with van der Waals surface area (Å²) < 4.78 is 6.64. The fraction of sp³-hybridized carbons (Fsp3) is 0.314. The number of nitrogens with zero attached hydrogens (tertiary/aromatic N) is 2. The van der Waals surface area contributed by atoms with Gasteiger partial charge in [0.05, 0.1) is 34.8 Å². The zero-order chi connectivity index (χ0) is 32.1. The van der Waals surface area contributed by atoms with E-state index in [1.165, 1.54) is 0 Å². The number of hydrogen-bond acceptors (Lipinski definition) is 5.